The number of urea groups is 1. The van der Waals surface area contributed by atoms with Crippen molar-refractivity contribution in [2.45, 2.75) is 0 Å². The van der Waals surface area contributed by atoms with Gasteiger partial charge in [0.05, 0.1) is 17.3 Å². The highest BCUT2D eigenvalue weighted by atomic mass is 32.1. The van der Waals surface area contributed by atoms with Crippen molar-refractivity contribution in [1.29, 1.82) is 5.26 Å². The minimum atomic E-state index is -0.433. The smallest absolute Gasteiger partial charge is 0.284 e. The Labute approximate surface area is 119 Å². The van der Waals surface area contributed by atoms with Crippen LogP contribution in [0.25, 0.3) is 10.4 Å². The molecule has 0 atom stereocenters. The first kappa shape index (κ1) is 12.4. The molecule has 3 rings (SSSR count). The summed E-state index contributed by atoms with van der Waals surface area (Å²) >= 11 is 1.52. The number of thiophene rings is 1. The number of nitrogens with zero attached hydrogens (tertiary/aromatic N) is 2. The molecule has 0 aliphatic carbocycles. The Kier molecular flexibility index (Phi) is 2.97. The molecule has 1 aliphatic heterocycles. The van der Waals surface area contributed by atoms with Crippen LogP contribution in [0.4, 0.5) is 10.5 Å². The van der Waals surface area contributed by atoms with Crippen LogP contribution in [0.3, 0.4) is 0 Å². The molecule has 0 radical (unpaired) electrons. The van der Waals surface area contributed by atoms with Gasteiger partial charge in [0.1, 0.15) is 6.54 Å². The van der Waals surface area contributed by atoms with Crippen LogP contribution in [0.1, 0.15) is 5.56 Å². The molecule has 1 saturated heterocycles. The van der Waals surface area contributed by atoms with Crippen molar-refractivity contribution in [3.63, 3.8) is 0 Å². The monoisotopic (exact) mass is 283 g/mol. The number of carbonyl (C=O) groups is 2. The lowest BCUT2D eigenvalue weighted by Gasteiger charge is -2.17. The van der Waals surface area contributed by atoms with Crippen LogP contribution in [-0.2, 0) is 4.79 Å². The molecule has 1 fully saturated rings. The van der Waals surface area contributed by atoms with E-state index < -0.39 is 6.03 Å². The van der Waals surface area contributed by atoms with Gasteiger partial charge in [-0.3, -0.25) is 15.0 Å². The number of nitrogens with one attached hydrogen (secondary N) is 1. The maximum Gasteiger partial charge on any atom is 0.329 e. The lowest BCUT2D eigenvalue weighted by atomic mass is 10.1. The van der Waals surface area contributed by atoms with Gasteiger partial charge in [-0.2, -0.15) is 5.26 Å². The fraction of sp³-hybridized carbons (Fsp3) is 0.0714. The van der Waals surface area contributed by atoms with Gasteiger partial charge in [0.25, 0.3) is 0 Å². The Morgan fingerprint density at radius 3 is 2.75 bits per heavy atom. The van der Waals surface area contributed by atoms with E-state index in [1.54, 1.807) is 18.2 Å². The van der Waals surface area contributed by atoms with Crippen molar-refractivity contribution in [2.75, 3.05) is 11.4 Å². The van der Waals surface area contributed by atoms with Crippen LogP contribution < -0.4 is 10.2 Å². The molecule has 1 aromatic heterocycles. The quantitative estimate of drug-likeness (QED) is 0.860. The number of nitriles is 1. The maximum absolute atomic E-state index is 11.8. The third-order valence-electron chi connectivity index (χ3n) is 3.00. The van der Waals surface area contributed by atoms with Gasteiger partial charge in [-0.15, -0.1) is 11.3 Å². The lowest BCUT2D eigenvalue weighted by molar-refractivity contribution is -0.117. The van der Waals surface area contributed by atoms with Gasteiger partial charge in [0.2, 0.25) is 5.91 Å². The van der Waals surface area contributed by atoms with E-state index in [1.807, 2.05) is 17.5 Å². The van der Waals surface area contributed by atoms with E-state index in [4.69, 9.17) is 5.26 Å². The molecule has 0 saturated carbocycles. The van der Waals surface area contributed by atoms with Crippen LogP contribution in [0, 0.1) is 11.3 Å². The van der Waals surface area contributed by atoms with Crippen LogP contribution in [0.5, 0.6) is 0 Å². The average molecular weight is 283 g/mol. The normalized spacial score (nSPS) is 14.2. The Hall–Kier alpha value is -2.65. The van der Waals surface area contributed by atoms with Gasteiger partial charge in [-0.1, -0.05) is 6.07 Å². The van der Waals surface area contributed by atoms with E-state index in [1.165, 1.54) is 16.2 Å². The Bertz CT molecular complexity index is 731. The third kappa shape index (κ3) is 2.04. The summed E-state index contributed by atoms with van der Waals surface area (Å²) in [7, 11) is 0. The van der Waals surface area contributed by atoms with E-state index in [-0.39, 0.29) is 12.5 Å². The summed E-state index contributed by atoms with van der Waals surface area (Å²) in [6.45, 7) is 0.00308. The highest BCUT2D eigenvalue weighted by Crippen LogP contribution is 2.35. The summed E-state index contributed by atoms with van der Waals surface area (Å²) in [6, 6.07) is 10.5. The molecule has 2 aromatic rings. The SMILES string of the molecule is N#Cc1ccc(N2CC(=O)NC2=O)c(-c2cccs2)c1. The average Bonchev–Trinajstić information content (AvgIpc) is 3.08. The zero-order valence-corrected chi connectivity index (χ0v) is 11.1. The Balaban J connectivity index is 2.14. The van der Waals surface area contributed by atoms with Gasteiger partial charge in [-0.05, 0) is 29.6 Å². The predicted molar refractivity (Wildman–Crippen MR) is 75.4 cm³/mol. The van der Waals surface area contributed by atoms with E-state index in [9.17, 15) is 9.59 Å². The second-order valence-corrected chi connectivity index (χ2v) is 5.21. The van der Waals surface area contributed by atoms with Crippen molar-refractivity contribution >= 4 is 29.0 Å². The Morgan fingerprint density at radius 2 is 2.15 bits per heavy atom. The molecule has 1 N–H and O–H groups in total. The molecule has 2 heterocycles. The number of hydrogen-bond acceptors (Lipinski definition) is 4. The number of rotatable bonds is 2. The maximum atomic E-state index is 11.8. The molecule has 1 aromatic carbocycles. The molecule has 5 nitrogen and oxygen atoms in total. The molecule has 0 bridgehead atoms. The van der Waals surface area contributed by atoms with Gasteiger partial charge in [-0.25, -0.2) is 4.79 Å². The molecule has 6 heteroatoms. The summed E-state index contributed by atoms with van der Waals surface area (Å²) in [4.78, 5) is 25.5. The summed E-state index contributed by atoms with van der Waals surface area (Å²) in [5.74, 6) is -0.323. The largest absolute Gasteiger partial charge is 0.329 e. The van der Waals surface area contributed by atoms with Crippen LogP contribution in [0.15, 0.2) is 35.7 Å². The number of carbonyl (C=O) groups excluding carboxylic acids is 2. The number of hydrogen-bond donors (Lipinski definition) is 1. The van der Waals surface area contributed by atoms with Gasteiger partial charge in [0, 0.05) is 10.4 Å². The van der Waals surface area contributed by atoms with E-state index in [2.05, 4.69) is 11.4 Å². The van der Waals surface area contributed by atoms with Gasteiger partial charge >= 0.3 is 6.03 Å². The minimum Gasteiger partial charge on any atom is -0.284 e. The minimum absolute atomic E-state index is 0.00308. The predicted octanol–water partition coefficient (Wildman–Crippen LogP) is 2.34. The fourth-order valence-electron chi connectivity index (χ4n) is 2.11. The topological polar surface area (TPSA) is 73.2 Å². The second-order valence-electron chi connectivity index (χ2n) is 4.26. The van der Waals surface area contributed by atoms with Crippen molar-refractivity contribution in [3.05, 3.63) is 41.3 Å². The number of amides is 3. The van der Waals surface area contributed by atoms with Gasteiger partial charge < -0.3 is 0 Å². The van der Waals surface area contributed by atoms with Gasteiger partial charge in [0.15, 0.2) is 0 Å². The van der Waals surface area contributed by atoms with Crippen molar-refractivity contribution in [3.8, 4) is 16.5 Å². The summed E-state index contributed by atoms with van der Waals surface area (Å²) in [6.07, 6.45) is 0. The Morgan fingerprint density at radius 1 is 1.30 bits per heavy atom. The first-order chi connectivity index (χ1) is 9.69. The first-order valence-electron chi connectivity index (χ1n) is 5.88. The molecule has 0 spiro atoms. The van der Waals surface area contributed by atoms with Crippen LogP contribution >= 0.6 is 11.3 Å². The van der Waals surface area contributed by atoms with Crippen molar-refractivity contribution in [1.82, 2.24) is 5.32 Å². The second kappa shape index (κ2) is 4.79. The third-order valence-corrected chi connectivity index (χ3v) is 3.90. The molecular weight excluding hydrogens is 274 g/mol. The highest BCUT2D eigenvalue weighted by molar-refractivity contribution is 7.13. The van der Waals surface area contributed by atoms with E-state index in [0.29, 0.717) is 11.3 Å². The molecule has 1 aliphatic rings. The van der Waals surface area contributed by atoms with E-state index in [0.717, 1.165) is 10.4 Å². The summed E-state index contributed by atoms with van der Waals surface area (Å²) in [5.41, 5.74) is 1.93. The van der Waals surface area contributed by atoms with Crippen LogP contribution in [-0.4, -0.2) is 18.5 Å². The number of anilines is 1. The highest BCUT2D eigenvalue weighted by Gasteiger charge is 2.29. The molecule has 20 heavy (non-hydrogen) atoms. The fourth-order valence-corrected chi connectivity index (χ4v) is 2.86. The van der Waals surface area contributed by atoms with Crippen LogP contribution in [0.2, 0.25) is 0 Å². The summed E-state index contributed by atoms with van der Waals surface area (Å²) in [5, 5.41) is 13.2. The molecule has 0 unspecified atom stereocenters. The molecule has 3 amide bonds. The van der Waals surface area contributed by atoms with Crippen molar-refractivity contribution < 1.29 is 9.59 Å². The number of imide groups is 1. The first-order valence-corrected chi connectivity index (χ1v) is 6.76. The molecule has 98 valence electrons. The number of benzene rings is 1. The molecular formula is C14H9N3O2S. The zero-order valence-electron chi connectivity index (χ0n) is 10.3. The standard InChI is InChI=1S/C14H9N3O2S/c15-7-9-3-4-11(17-8-13(18)16-14(17)19)10(6-9)12-2-1-5-20-12/h1-6H,8H2,(H,16,18,19). The lowest BCUT2D eigenvalue weighted by Crippen LogP contribution is -2.28. The van der Waals surface area contributed by atoms with E-state index >= 15 is 0 Å². The zero-order chi connectivity index (χ0) is 14.1. The van der Waals surface area contributed by atoms with Crippen molar-refractivity contribution in [2.24, 2.45) is 0 Å². The summed E-state index contributed by atoms with van der Waals surface area (Å²) < 4.78 is 0.